The molecule has 3 aliphatic rings. The first-order chi connectivity index (χ1) is 13.0. The Morgan fingerprint density at radius 1 is 0.556 bits per heavy atom. The van der Waals surface area contributed by atoms with E-state index in [2.05, 4.69) is 0 Å². The average Bonchev–Trinajstić information content (AvgIpc) is 3.12. The molecule has 0 aromatic heterocycles. The molecular formula is C21H8N2O4. The molecule has 1 saturated carbocycles. The molecule has 2 aromatic carbocycles. The summed E-state index contributed by atoms with van der Waals surface area (Å²) in [6.07, 6.45) is 0. The van der Waals surface area contributed by atoms with Gasteiger partial charge in [-0.05, 0) is 0 Å². The van der Waals surface area contributed by atoms with Gasteiger partial charge < -0.3 is 0 Å². The van der Waals surface area contributed by atoms with Crippen molar-refractivity contribution in [1.29, 1.82) is 10.5 Å². The van der Waals surface area contributed by atoms with Crippen molar-refractivity contribution < 1.29 is 19.2 Å². The number of carbonyl (C=O) groups is 4. The van der Waals surface area contributed by atoms with Gasteiger partial charge in [0.15, 0.2) is 39.4 Å². The molecule has 0 N–H and O–H groups in total. The van der Waals surface area contributed by atoms with E-state index < -0.39 is 39.4 Å². The second-order valence-corrected chi connectivity index (χ2v) is 6.88. The van der Waals surface area contributed by atoms with Crippen LogP contribution >= 0.6 is 0 Å². The molecule has 0 heterocycles. The van der Waals surface area contributed by atoms with Gasteiger partial charge in [0.1, 0.15) is 0 Å². The van der Waals surface area contributed by atoms with E-state index in [0.29, 0.717) is 0 Å². The summed E-state index contributed by atoms with van der Waals surface area (Å²) in [6, 6.07) is 15.3. The van der Waals surface area contributed by atoms with Gasteiger partial charge in [0.05, 0.1) is 12.1 Å². The van der Waals surface area contributed by atoms with Crippen LogP contribution in [-0.4, -0.2) is 23.1 Å². The van der Waals surface area contributed by atoms with Crippen LogP contribution in [0.3, 0.4) is 0 Å². The highest BCUT2D eigenvalue weighted by Gasteiger charge is 3.03. The summed E-state index contributed by atoms with van der Waals surface area (Å²) >= 11 is 0. The molecule has 6 nitrogen and oxygen atoms in total. The number of nitrogens with zero attached hydrogens (tertiary/aromatic N) is 2. The third-order valence-electron chi connectivity index (χ3n) is 6.16. The molecule has 0 radical (unpaired) electrons. The van der Waals surface area contributed by atoms with Crippen LogP contribution in [0.5, 0.6) is 0 Å². The van der Waals surface area contributed by atoms with E-state index in [0.717, 1.165) is 0 Å². The molecule has 126 valence electrons. The van der Waals surface area contributed by atoms with Gasteiger partial charge in [0.25, 0.3) is 0 Å². The lowest BCUT2D eigenvalue weighted by Gasteiger charge is -2.09. The monoisotopic (exact) mass is 352 g/mol. The predicted octanol–water partition coefficient (Wildman–Crippen LogP) is 2.16. The number of carbonyl (C=O) groups excluding carboxylic acids is 4. The zero-order chi connectivity index (χ0) is 19.2. The lowest BCUT2D eigenvalue weighted by molar-refractivity contribution is 0.0663. The van der Waals surface area contributed by atoms with Crippen molar-refractivity contribution in [3.63, 3.8) is 0 Å². The van der Waals surface area contributed by atoms with Gasteiger partial charge in [-0.2, -0.15) is 10.5 Å². The fraction of sp³-hybridized carbons (Fsp3) is 0.143. The Labute approximate surface area is 152 Å². The minimum Gasteiger partial charge on any atom is -0.293 e. The quantitative estimate of drug-likeness (QED) is 0.671. The first-order valence-corrected chi connectivity index (χ1v) is 8.17. The zero-order valence-electron chi connectivity index (χ0n) is 13.6. The third kappa shape index (κ3) is 1.12. The minimum absolute atomic E-state index is 0.0332. The fourth-order valence-electron chi connectivity index (χ4n) is 5.06. The highest BCUT2D eigenvalue weighted by Crippen LogP contribution is 2.84. The van der Waals surface area contributed by atoms with Gasteiger partial charge in [-0.3, -0.25) is 19.2 Å². The summed E-state index contributed by atoms with van der Waals surface area (Å²) in [5, 5.41) is 19.7. The summed E-state index contributed by atoms with van der Waals surface area (Å²) in [4.78, 5) is 53.2. The van der Waals surface area contributed by atoms with Gasteiger partial charge >= 0.3 is 0 Å². The van der Waals surface area contributed by atoms with Crippen LogP contribution in [0.2, 0.25) is 0 Å². The van der Waals surface area contributed by atoms with Crippen LogP contribution in [-0.2, 0) is 0 Å². The van der Waals surface area contributed by atoms with Crippen molar-refractivity contribution in [2.75, 3.05) is 0 Å². The second kappa shape index (κ2) is 4.25. The molecule has 2 aromatic rings. The third-order valence-corrected chi connectivity index (χ3v) is 6.16. The maximum absolute atomic E-state index is 13.3. The molecular weight excluding hydrogens is 344 g/mol. The van der Waals surface area contributed by atoms with Crippen molar-refractivity contribution in [3.8, 4) is 12.1 Å². The number of Topliss-reactive ketones (excluding diaryl/α,β-unsaturated/α-hetero) is 4. The highest BCUT2D eigenvalue weighted by molar-refractivity contribution is 6.46. The number of benzene rings is 2. The van der Waals surface area contributed by atoms with E-state index in [9.17, 15) is 29.7 Å². The molecule has 0 atom stereocenters. The van der Waals surface area contributed by atoms with Crippen LogP contribution in [0.4, 0.5) is 0 Å². The first-order valence-electron chi connectivity index (χ1n) is 8.17. The molecule has 0 bridgehead atoms. The van der Waals surface area contributed by atoms with E-state index in [1.54, 1.807) is 36.4 Å². The van der Waals surface area contributed by atoms with Gasteiger partial charge in [0, 0.05) is 22.3 Å². The Bertz CT molecular complexity index is 1070. The van der Waals surface area contributed by atoms with Crippen LogP contribution in [0.15, 0.2) is 48.5 Å². The van der Waals surface area contributed by atoms with E-state index >= 15 is 0 Å². The van der Waals surface area contributed by atoms with Crippen LogP contribution < -0.4 is 0 Å². The maximum Gasteiger partial charge on any atom is 0.187 e. The number of hydrogen-bond acceptors (Lipinski definition) is 6. The van der Waals surface area contributed by atoms with Crippen molar-refractivity contribution in [3.05, 3.63) is 70.8 Å². The molecule has 5 rings (SSSR count). The van der Waals surface area contributed by atoms with Crippen molar-refractivity contribution in [2.24, 2.45) is 16.2 Å². The van der Waals surface area contributed by atoms with Crippen molar-refractivity contribution in [1.82, 2.24) is 0 Å². The Morgan fingerprint density at radius 3 is 1.04 bits per heavy atom. The lowest BCUT2D eigenvalue weighted by atomic mass is 9.84. The van der Waals surface area contributed by atoms with Crippen molar-refractivity contribution in [2.45, 2.75) is 0 Å². The standard InChI is InChI=1S/C21H8N2O4/c22-9-19(10-23)20(15(24)11-5-1-2-6-12(11)16(20)25)21(19)17(26)13-7-3-4-8-14(13)18(21)27/h1-8H. The van der Waals surface area contributed by atoms with Gasteiger partial charge in [-0.25, -0.2) is 0 Å². The first kappa shape index (κ1) is 15.4. The smallest absolute Gasteiger partial charge is 0.187 e. The predicted molar refractivity (Wildman–Crippen MR) is 88.7 cm³/mol. The minimum atomic E-state index is -2.36. The van der Waals surface area contributed by atoms with Crippen LogP contribution in [0, 0.1) is 38.9 Å². The highest BCUT2D eigenvalue weighted by atomic mass is 16.2. The Hall–Kier alpha value is -3.90. The summed E-state index contributed by atoms with van der Waals surface area (Å²) in [5.41, 5.74) is -6.87. The van der Waals surface area contributed by atoms with E-state index in [1.165, 1.54) is 24.3 Å². The number of hydrogen-bond donors (Lipinski definition) is 0. The van der Waals surface area contributed by atoms with Gasteiger partial charge in [-0.15, -0.1) is 0 Å². The van der Waals surface area contributed by atoms with Gasteiger partial charge in [0.2, 0.25) is 0 Å². The number of nitriles is 2. The summed E-state index contributed by atoms with van der Waals surface area (Å²) in [7, 11) is 0. The largest absolute Gasteiger partial charge is 0.293 e. The summed E-state index contributed by atoms with van der Waals surface area (Å²) in [5.74, 6) is -3.22. The Balaban J connectivity index is 1.90. The fourth-order valence-corrected chi connectivity index (χ4v) is 5.06. The molecule has 2 spiro atoms. The van der Waals surface area contributed by atoms with Crippen LogP contribution in [0.1, 0.15) is 41.4 Å². The number of rotatable bonds is 0. The summed E-state index contributed by atoms with van der Waals surface area (Å²) < 4.78 is 0. The topological polar surface area (TPSA) is 116 Å². The van der Waals surface area contributed by atoms with Crippen molar-refractivity contribution >= 4 is 23.1 Å². The molecule has 0 aliphatic heterocycles. The molecule has 1 fully saturated rings. The Morgan fingerprint density at radius 2 is 0.815 bits per heavy atom. The molecule has 6 heteroatoms. The molecule has 0 saturated heterocycles. The second-order valence-electron chi connectivity index (χ2n) is 6.88. The maximum atomic E-state index is 13.3. The molecule has 0 unspecified atom stereocenters. The average molecular weight is 352 g/mol. The lowest BCUT2D eigenvalue weighted by Crippen LogP contribution is -2.32. The SMILES string of the molecule is N#CC1(C#N)C2(C(=O)c3ccccc3C2=O)C12C(=O)c1ccccc1C2=O. The van der Waals surface area contributed by atoms with Crippen LogP contribution in [0.25, 0.3) is 0 Å². The van der Waals surface area contributed by atoms with E-state index in [-0.39, 0.29) is 22.3 Å². The Kier molecular flexibility index (Phi) is 2.42. The molecule has 27 heavy (non-hydrogen) atoms. The van der Waals surface area contributed by atoms with Gasteiger partial charge in [-0.1, -0.05) is 48.5 Å². The number of ketones is 4. The van der Waals surface area contributed by atoms with E-state index in [1.807, 2.05) is 0 Å². The molecule has 3 aliphatic carbocycles. The zero-order valence-corrected chi connectivity index (χ0v) is 13.6. The number of fused-ring (bicyclic) bond motifs is 3. The van der Waals surface area contributed by atoms with E-state index in [4.69, 9.17) is 0 Å². The normalized spacial score (nSPS) is 21.7. The summed E-state index contributed by atoms with van der Waals surface area (Å²) in [6.45, 7) is 0. The molecule has 0 amide bonds.